The van der Waals surface area contributed by atoms with Gasteiger partial charge in [0.2, 0.25) is 0 Å². The zero-order valence-corrected chi connectivity index (χ0v) is 10.9. The van der Waals surface area contributed by atoms with Crippen LogP contribution in [0, 0.1) is 5.92 Å². The molecule has 1 atom stereocenters. The van der Waals surface area contributed by atoms with E-state index in [1.165, 1.54) is 12.8 Å². The van der Waals surface area contributed by atoms with Crippen molar-refractivity contribution in [2.75, 3.05) is 13.1 Å². The third-order valence-electron chi connectivity index (χ3n) is 2.36. The van der Waals surface area contributed by atoms with E-state index >= 15 is 0 Å². The van der Waals surface area contributed by atoms with Crippen LogP contribution >= 0.6 is 12.2 Å². The van der Waals surface area contributed by atoms with Gasteiger partial charge >= 0.3 is 0 Å². The van der Waals surface area contributed by atoms with Crippen LogP contribution < -0.4 is 0 Å². The first-order valence-electron chi connectivity index (χ1n) is 5.65. The lowest BCUT2D eigenvalue weighted by Gasteiger charge is -2.24. The summed E-state index contributed by atoms with van der Waals surface area (Å²) in [6, 6.07) is 0. The molecule has 15 heavy (non-hydrogen) atoms. The molecule has 0 aliphatic carbocycles. The lowest BCUT2D eigenvalue weighted by Crippen LogP contribution is -2.30. The summed E-state index contributed by atoms with van der Waals surface area (Å²) in [6.45, 7) is 13.6. The quantitative estimate of drug-likeness (QED) is 0.456. The molecular formula is C13H23NS. The lowest BCUT2D eigenvalue weighted by molar-refractivity contribution is 0.473. The Morgan fingerprint density at radius 1 is 1.33 bits per heavy atom. The number of rotatable bonds is 8. The average Bonchev–Trinajstić information content (AvgIpc) is 2.17. The summed E-state index contributed by atoms with van der Waals surface area (Å²) in [4.78, 5) is 3.19. The van der Waals surface area contributed by atoms with Gasteiger partial charge in [-0.15, -0.1) is 13.2 Å². The number of thiocarbonyl (C=S) groups is 1. The molecule has 0 N–H and O–H groups in total. The Balaban J connectivity index is 4.11. The number of hydrogen-bond donors (Lipinski definition) is 0. The molecule has 0 rings (SSSR count). The highest BCUT2D eigenvalue weighted by Gasteiger charge is 2.10. The molecule has 0 fully saturated rings. The minimum absolute atomic E-state index is 0.680. The van der Waals surface area contributed by atoms with Crippen LogP contribution in [0.25, 0.3) is 0 Å². The van der Waals surface area contributed by atoms with Gasteiger partial charge in [0.1, 0.15) is 0 Å². The van der Waals surface area contributed by atoms with Gasteiger partial charge in [-0.2, -0.15) is 0 Å². The molecule has 0 aromatic rings. The Hall–Kier alpha value is -0.630. The van der Waals surface area contributed by atoms with E-state index in [1.807, 2.05) is 12.2 Å². The predicted molar refractivity (Wildman–Crippen MR) is 73.3 cm³/mol. The first kappa shape index (κ1) is 14.4. The largest absolute Gasteiger partial charge is 0.359 e. The Bertz CT molecular complexity index is 201. The van der Waals surface area contributed by atoms with Crippen molar-refractivity contribution in [2.45, 2.75) is 33.1 Å². The Labute approximate surface area is 99.9 Å². The van der Waals surface area contributed by atoms with E-state index < -0.39 is 0 Å². The molecule has 1 nitrogen and oxygen atoms in total. The van der Waals surface area contributed by atoms with E-state index in [2.05, 4.69) is 31.9 Å². The fourth-order valence-corrected chi connectivity index (χ4v) is 2.05. The summed E-state index contributed by atoms with van der Waals surface area (Å²) in [5, 5.41) is 0. The van der Waals surface area contributed by atoms with Crippen LogP contribution in [0.4, 0.5) is 0 Å². The Morgan fingerprint density at radius 2 is 1.87 bits per heavy atom. The van der Waals surface area contributed by atoms with Crippen molar-refractivity contribution in [3.63, 3.8) is 0 Å². The number of hydrogen-bond acceptors (Lipinski definition) is 1. The summed E-state index contributed by atoms with van der Waals surface area (Å²) >= 11 is 5.43. The zero-order valence-electron chi connectivity index (χ0n) is 10.0. The van der Waals surface area contributed by atoms with Crippen molar-refractivity contribution in [1.29, 1.82) is 0 Å². The maximum Gasteiger partial charge on any atom is 0.0787 e. The summed E-state index contributed by atoms with van der Waals surface area (Å²) in [5.41, 5.74) is 0. The van der Waals surface area contributed by atoms with Gasteiger partial charge in [0.05, 0.1) is 4.99 Å². The number of nitrogens with zero attached hydrogens (tertiary/aromatic N) is 1. The van der Waals surface area contributed by atoms with Crippen LogP contribution in [0.15, 0.2) is 25.3 Å². The molecule has 0 aromatic carbocycles. The van der Waals surface area contributed by atoms with Gasteiger partial charge in [0.15, 0.2) is 0 Å². The second-order valence-corrected chi connectivity index (χ2v) is 4.45. The standard InChI is InChI=1S/C13H23NS/c1-5-8-12(4)11-13(15)14(9-6-2)10-7-3/h6-7,12H,2-3,5,8-11H2,1,4H3/t12-/m1/s1. The van der Waals surface area contributed by atoms with Crippen LogP contribution in [0.5, 0.6) is 0 Å². The highest BCUT2D eigenvalue weighted by atomic mass is 32.1. The summed E-state index contributed by atoms with van der Waals surface area (Å²) in [7, 11) is 0. The highest BCUT2D eigenvalue weighted by molar-refractivity contribution is 7.80. The molecule has 2 heteroatoms. The van der Waals surface area contributed by atoms with Gasteiger partial charge in [-0.1, -0.05) is 51.1 Å². The third kappa shape index (κ3) is 6.45. The van der Waals surface area contributed by atoms with Crippen molar-refractivity contribution >= 4 is 17.2 Å². The van der Waals surface area contributed by atoms with Crippen LogP contribution in [-0.4, -0.2) is 23.0 Å². The predicted octanol–water partition coefficient (Wildman–Crippen LogP) is 3.81. The van der Waals surface area contributed by atoms with Crippen LogP contribution in [-0.2, 0) is 0 Å². The van der Waals surface area contributed by atoms with Crippen LogP contribution in [0.1, 0.15) is 33.1 Å². The van der Waals surface area contributed by atoms with Crippen molar-refractivity contribution in [3.05, 3.63) is 25.3 Å². The maximum atomic E-state index is 5.43. The fraction of sp³-hybridized carbons (Fsp3) is 0.615. The summed E-state index contributed by atoms with van der Waals surface area (Å²) < 4.78 is 0. The van der Waals surface area contributed by atoms with E-state index in [0.717, 1.165) is 24.5 Å². The van der Waals surface area contributed by atoms with Gasteiger partial charge in [-0.25, -0.2) is 0 Å². The molecule has 0 amide bonds. The second kappa shape index (κ2) is 8.66. The fourth-order valence-electron chi connectivity index (χ4n) is 1.61. The van der Waals surface area contributed by atoms with E-state index in [-0.39, 0.29) is 0 Å². The summed E-state index contributed by atoms with van der Waals surface area (Å²) in [6.07, 6.45) is 7.26. The average molecular weight is 225 g/mol. The molecular weight excluding hydrogens is 202 g/mol. The molecule has 0 spiro atoms. The second-order valence-electron chi connectivity index (χ2n) is 3.97. The molecule has 86 valence electrons. The van der Waals surface area contributed by atoms with E-state index in [4.69, 9.17) is 12.2 Å². The molecule has 0 unspecified atom stereocenters. The van der Waals surface area contributed by atoms with Crippen molar-refractivity contribution in [3.8, 4) is 0 Å². The molecule has 0 aliphatic heterocycles. The van der Waals surface area contributed by atoms with Gasteiger partial charge in [0.25, 0.3) is 0 Å². The molecule has 0 radical (unpaired) electrons. The maximum absolute atomic E-state index is 5.43. The minimum atomic E-state index is 0.680. The van der Waals surface area contributed by atoms with E-state index in [0.29, 0.717) is 5.92 Å². The summed E-state index contributed by atoms with van der Waals surface area (Å²) in [5.74, 6) is 0.680. The molecule has 0 aromatic heterocycles. The zero-order chi connectivity index (χ0) is 11.7. The van der Waals surface area contributed by atoms with Crippen LogP contribution in [0.3, 0.4) is 0 Å². The van der Waals surface area contributed by atoms with Gasteiger partial charge < -0.3 is 4.90 Å². The molecule has 0 aliphatic rings. The van der Waals surface area contributed by atoms with Crippen molar-refractivity contribution < 1.29 is 0 Å². The van der Waals surface area contributed by atoms with Crippen LogP contribution in [0.2, 0.25) is 0 Å². The molecule has 0 bridgehead atoms. The van der Waals surface area contributed by atoms with Gasteiger partial charge in [0, 0.05) is 19.5 Å². The first-order chi connectivity index (χ1) is 7.15. The lowest BCUT2D eigenvalue weighted by atomic mass is 10.0. The normalized spacial score (nSPS) is 11.9. The van der Waals surface area contributed by atoms with Crippen molar-refractivity contribution in [1.82, 2.24) is 4.90 Å². The van der Waals surface area contributed by atoms with E-state index in [9.17, 15) is 0 Å². The highest BCUT2D eigenvalue weighted by Crippen LogP contribution is 2.13. The van der Waals surface area contributed by atoms with Gasteiger partial charge in [-0.05, 0) is 5.92 Å². The monoisotopic (exact) mass is 225 g/mol. The third-order valence-corrected chi connectivity index (χ3v) is 2.78. The Kier molecular flexibility index (Phi) is 8.30. The first-order valence-corrected chi connectivity index (χ1v) is 6.06. The molecule has 0 heterocycles. The topological polar surface area (TPSA) is 3.24 Å². The smallest absolute Gasteiger partial charge is 0.0787 e. The molecule has 0 saturated carbocycles. The van der Waals surface area contributed by atoms with Gasteiger partial charge in [-0.3, -0.25) is 0 Å². The Morgan fingerprint density at radius 3 is 2.27 bits per heavy atom. The SMILES string of the molecule is C=CCN(CC=C)C(=S)C[C@H](C)CCC. The molecule has 0 saturated heterocycles. The van der Waals surface area contributed by atoms with E-state index in [1.54, 1.807) is 0 Å². The minimum Gasteiger partial charge on any atom is -0.359 e. The van der Waals surface area contributed by atoms with Crippen molar-refractivity contribution in [2.24, 2.45) is 5.92 Å².